The van der Waals surface area contributed by atoms with Crippen molar-refractivity contribution < 1.29 is 17.9 Å². The van der Waals surface area contributed by atoms with Gasteiger partial charge in [-0.15, -0.1) is 0 Å². The normalized spacial score (nSPS) is 11.6. The standard InChI is InChI=1S/C28H25N3O4S/c1-3-35-28(32)20-12-14-24(15-13-20)36(33,34)31(18-23-16-21-8-5-7-11-26(21)30-23)27-19(2)25-10-6-4-9-22(25)17-29-27/h4-17,30H,3,18H2,1-2H3. The Bertz CT molecular complexity index is 1640. The SMILES string of the molecule is CCOC(=O)c1ccc(S(=O)(=O)N(Cc2cc3ccccc3[nH]2)c2ncc3ccccc3c2C)cc1. The molecular formula is C28H25N3O4S. The zero-order chi connectivity index (χ0) is 25.3. The van der Waals surface area contributed by atoms with Crippen molar-refractivity contribution in [3.63, 3.8) is 0 Å². The number of fused-ring (bicyclic) bond motifs is 2. The summed E-state index contributed by atoms with van der Waals surface area (Å²) in [5.41, 5.74) is 2.71. The number of benzene rings is 3. The number of pyridine rings is 1. The first-order valence-electron chi connectivity index (χ1n) is 11.6. The molecule has 0 radical (unpaired) electrons. The average molecular weight is 500 g/mol. The number of para-hydroxylation sites is 1. The maximum absolute atomic E-state index is 14.0. The molecule has 7 nitrogen and oxygen atoms in total. The molecule has 0 amide bonds. The molecule has 0 saturated carbocycles. The number of carbonyl (C=O) groups is 1. The van der Waals surface area contributed by atoms with Gasteiger partial charge in [0.1, 0.15) is 5.82 Å². The zero-order valence-electron chi connectivity index (χ0n) is 19.9. The maximum atomic E-state index is 14.0. The number of aromatic amines is 1. The first-order chi connectivity index (χ1) is 17.4. The topological polar surface area (TPSA) is 92.4 Å². The number of sulfonamides is 1. The molecule has 0 aliphatic rings. The van der Waals surface area contributed by atoms with Crippen LogP contribution in [-0.2, 0) is 21.3 Å². The number of rotatable bonds is 7. The number of nitrogens with zero attached hydrogens (tertiary/aromatic N) is 2. The molecule has 182 valence electrons. The van der Waals surface area contributed by atoms with Crippen LogP contribution in [0, 0.1) is 6.92 Å². The van der Waals surface area contributed by atoms with Crippen molar-refractivity contribution >= 4 is 43.5 Å². The molecule has 0 aliphatic carbocycles. The van der Waals surface area contributed by atoms with Gasteiger partial charge in [0.25, 0.3) is 10.0 Å². The number of nitrogens with one attached hydrogen (secondary N) is 1. The number of anilines is 1. The lowest BCUT2D eigenvalue weighted by atomic mass is 10.1. The fourth-order valence-electron chi connectivity index (χ4n) is 4.30. The number of H-pyrrole nitrogens is 1. The molecule has 8 heteroatoms. The number of ether oxygens (including phenoxy) is 1. The molecule has 0 spiro atoms. The van der Waals surface area contributed by atoms with E-state index in [1.165, 1.54) is 28.6 Å². The molecule has 0 saturated heterocycles. The molecule has 0 atom stereocenters. The van der Waals surface area contributed by atoms with E-state index < -0.39 is 16.0 Å². The molecule has 36 heavy (non-hydrogen) atoms. The van der Waals surface area contributed by atoms with Gasteiger partial charge in [-0.3, -0.25) is 0 Å². The summed E-state index contributed by atoms with van der Waals surface area (Å²) in [5, 5.41) is 2.85. The predicted molar refractivity (Wildman–Crippen MR) is 141 cm³/mol. The van der Waals surface area contributed by atoms with Gasteiger partial charge < -0.3 is 9.72 Å². The van der Waals surface area contributed by atoms with Crippen LogP contribution < -0.4 is 4.31 Å². The van der Waals surface area contributed by atoms with E-state index in [1.807, 2.05) is 61.5 Å². The van der Waals surface area contributed by atoms with Crippen molar-refractivity contribution in [3.8, 4) is 0 Å². The number of hydrogen-bond donors (Lipinski definition) is 1. The Morgan fingerprint density at radius 3 is 2.39 bits per heavy atom. The zero-order valence-corrected chi connectivity index (χ0v) is 20.7. The molecule has 0 unspecified atom stereocenters. The Balaban J connectivity index is 1.62. The summed E-state index contributed by atoms with van der Waals surface area (Å²) in [4.78, 5) is 20.0. The second-order valence-corrected chi connectivity index (χ2v) is 10.3. The number of esters is 1. The molecule has 0 bridgehead atoms. The minimum Gasteiger partial charge on any atom is -0.462 e. The van der Waals surface area contributed by atoms with E-state index >= 15 is 0 Å². The molecule has 3 aromatic carbocycles. The second kappa shape index (κ2) is 9.47. The quantitative estimate of drug-likeness (QED) is 0.295. The van der Waals surface area contributed by atoms with Crippen molar-refractivity contribution in [2.24, 2.45) is 0 Å². The van der Waals surface area contributed by atoms with Crippen molar-refractivity contribution in [2.75, 3.05) is 10.9 Å². The molecule has 0 fully saturated rings. The highest BCUT2D eigenvalue weighted by Crippen LogP contribution is 2.31. The van der Waals surface area contributed by atoms with Crippen LogP contribution in [0.1, 0.15) is 28.5 Å². The summed E-state index contributed by atoms with van der Waals surface area (Å²) in [6.07, 6.45) is 1.69. The van der Waals surface area contributed by atoms with Gasteiger partial charge >= 0.3 is 5.97 Å². The third-order valence-corrected chi connectivity index (χ3v) is 7.87. The number of carbonyl (C=O) groups excluding carboxylic acids is 1. The van der Waals surface area contributed by atoms with Crippen molar-refractivity contribution in [1.82, 2.24) is 9.97 Å². The Kier molecular flexibility index (Phi) is 6.20. The molecule has 5 rings (SSSR count). The van der Waals surface area contributed by atoms with E-state index in [1.54, 1.807) is 13.1 Å². The van der Waals surface area contributed by atoms with Crippen molar-refractivity contribution in [3.05, 3.63) is 102 Å². The van der Waals surface area contributed by atoms with Crippen molar-refractivity contribution in [2.45, 2.75) is 25.3 Å². The monoisotopic (exact) mass is 499 g/mol. The Morgan fingerprint density at radius 1 is 0.972 bits per heavy atom. The first kappa shape index (κ1) is 23.6. The van der Waals surface area contributed by atoms with Gasteiger partial charge in [0.2, 0.25) is 0 Å². The summed E-state index contributed by atoms with van der Waals surface area (Å²) in [6.45, 7) is 3.90. The van der Waals surface area contributed by atoms with Gasteiger partial charge in [0.05, 0.1) is 23.6 Å². The lowest BCUT2D eigenvalue weighted by Crippen LogP contribution is -2.32. The van der Waals surface area contributed by atoms with Gasteiger partial charge in [0, 0.05) is 28.4 Å². The Morgan fingerprint density at radius 2 is 1.67 bits per heavy atom. The van der Waals surface area contributed by atoms with E-state index in [0.29, 0.717) is 5.82 Å². The summed E-state index contributed by atoms with van der Waals surface area (Å²) in [6, 6.07) is 23.3. The molecular weight excluding hydrogens is 474 g/mol. The number of hydrogen-bond acceptors (Lipinski definition) is 5. The van der Waals surface area contributed by atoms with Crippen LogP contribution in [-0.4, -0.2) is 31.0 Å². The lowest BCUT2D eigenvalue weighted by molar-refractivity contribution is 0.0526. The van der Waals surface area contributed by atoms with Crippen LogP contribution in [0.5, 0.6) is 0 Å². The summed E-state index contributed by atoms with van der Waals surface area (Å²) in [5.74, 6) is -0.148. The fourth-order valence-corrected chi connectivity index (χ4v) is 5.76. The largest absolute Gasteiger partial charge is 0.462 e. The highest BCUT2D eigenvalue weighted by Gasteiger charge is 2.29. The third kappa shape index (κ3) is 4.31. The van der Waals surface area contributed by atoms with Crippen LogP contribution in [0.25, 0.3) is 21.7 Å². The fraction of sp³-hybridized carbons (Fsp3) is 0.143. The minimum absolute atomic E-state index is 0.0565. The molecule has 0 aliphatic heterocycles. The Hall–Kier alpha value is -4.17. The van der Waals surface area contributed by atoms with Gasteiger partial charge in [-0.05, 0) is 61.0 Å². The van der Waals surface area contributed by atoms with Crippen LogP contribution in [0.3, 0.4) is 0 Å². The summed E-state index contributed by atoms with van der Waals surface area (Å²) >= 11 is 0. The predicted octanol–water partition coefficient (Wildman–Crippen LogP) is 5.60. The number of aryl methyl sites for hydroxylation is 1. The molecule has 1 N–H and O–H groups in total. The first-order valence-corrected chi connectivity index (χ1v) is 13.0. The van der Waals surface area contributed by atoms with E-state index in [0.717, 1.165) is 32.9 Å². The lowest BCUT2D eigenvalue weighted by Gasteiger charge is -2.25. The van der Waals surface area contributed by atoms with Gasteiger partial charge in [-0.25, -0.2) is 22.5 Å². The van der Waals surface area contributed by atoms with Crippen LogP contribution in [0.4, 0.5) is 5.82 Å². The Labute approximate surface area is 209 Å². The van der Waals surface area contributed by atoms with Crippen LogP contribution >= 0.6 is 0 Å². The summed E-state index contributed by atoms with van der Waals surface area (Å²) < 4.78 is 34.3. The molecule has 2 heterocycles. The smallest absolute Gasteiger partial charge is 0.338 e. The van der Waals surface area contributed by atoms with Gasteiger partial charge in [-0.2, -0.15) is 0 Å². The average Bonchev–Trinajstić information content (AvgIpc) is 3.31. The van der Waals surface area contributed by atoms with Crippen molar-refractivity contribution in [1.29, 1.82) is 0 Å². The minimum atomic E-state index is -4.04. The summed E-state index contributed by atoms with van der Waals surface area (Å²) in [7, 11) is -4.04. The highest BCUT2D eigenvalue weighted by molar-refractivity contribution is 7.92. The molecule has 5 aromatic rings. The van der Waals surface area contributed by atoms with E-state index in [4.69, 9.17) is 4.74 Å². The van der Waals surface area contributed by atoms with E-state index in [2.05, 4.69) is 9.97 Å². The maximum Gasteiger partial charge on any atom is 0.338 e. The highest BCUT2D eigenvalue weighted by atomic mass is 32.2. The van der Waals surface area contributed by atoms with Gasteiger partial charge in [0.15, 0.2) is 0 Å². The number of aromatic nitrogens is 2. The van der Waals surface area contributed by atoms with E-state index in [-0.39, 0.29) is 23.6 Å². The van der Waals surface area contributed by atoms with Crippen LogP contribution in [0.2, 0.25) is 0 Å². The van der Waals surface area contributed by atoms with Crippen LogP contribution in [0.15, 0.2) is 90.0 Å². The van der Waals surface area contributed by atoms with E-state index in [9.17, 15) is 13.2 Å². The second-order valence-electron chi connectivity index (χ2n) is 8.43. The molecule has 2 aromatic heterocycles. The third-order valence-electron chi connectivity index (χ3n) is 6.12. The van der Waals surface area contributed by atoms with Gasteiger partial charge in [-0.1, -0.05) is 42.5 Å².